The number of carbonyl (C=O) groups excluding carboxylic acids is 1. The Kier molecular flexibility index (Phi) is 7.43. The Morgan fingerprint density at radius 2 is 1.55 bits per heavy atom. The average molecular weight is 462 g/mol. The third kappa shape index (κ3) is 5.37. The maximum Gasteiger partial charge on any atom is 0.263 e. The molecule has 168 valence electrons. The van der Waals surface area contributed by atoms with E-state index in [-0.39, 0.29) is 15.7 Å². The lowest BCUT2D eigenvalue weighted by molar-refractivity contribution is 0.0951. The number of rotatable bonds is 7. The lowest BCUT2D eigenvalue weighted by Crippen LogP contribution is -2.36. The van der Waals surface area contributed by atoms with E-state index in [0.717, 1.165) is 44.5 Å². The molecule has 3 heterocycles. The molecule has 0 atom stereocenters. The smallest absolute Gasteiger partial charge is 0.263 e. The first-order valence-electron chi connectivity index (χ1n) is 11.2. The number of likely N-dealkylation sites (tertiary alicyclic amines) is 1. The predicted molar refractivity (Wildman–Crippen MR) is 124 cm³/mol. The van der Waals surface area contributed by atoms with Gasteiger partial charge in [-0.1, -0.05) is 37.1 Å². The van der Waals surface area contributed by atoms with Crippen LogP contribution >= 0.6 is 11.3 Å². The second-order valence-electron chi connectivity index (χ2n) is 8.37. The molecule has 2 saturated heterocycles. The Morgan fingerprint density at radius 1 is 0.903 bits per heavy atom. The van der Waals surface area contributed by atoms with E-state index in [2.05, 4.69) is 16.3 Å². The molecule has 6 nitrogen and oxygen atoms in total. The van der Waals surface area contributed by atoms with Gasteiger partial charge in [-0.15, -0.1) is 11.3 Å². The van der Waals surface area contributed by atoms with E-state index in [1.807, 2.05) is 18.2 Å². The summed E-state index contributed by atoms with van der Waals surface area (Å²) in [6.45, 7) is 4.58. The van der Waals surface area contributed by atoms with E-state index in [4.69, 9.17) is 0 Å². The molecule has 31 heavy (non-hydrogen) atoms. The molecule has 2 fully saturated rings. The van der Waals surface area contributed by atoms with Crippen molar-refractivity contribution in [2.24, 2.45) is 0 Å². The highest BCUT2D eigenvalue weighted by Crippen LogP contribution is 2.27. The molecule has 2 aliphatic rings. The molecule has 0 aliphatic carbocycles. The van der Waals surface area contributed by atoms with Gasteiger partial charge in [0.25, 0.3) is 5.91 Å². The van der Waals surface area contributed by atoms with Crippen LogP contribution in [-0.2, 0) is 23.1 Å². The van der Waals surface area contributed by atoms with Crippen LogP contribution in [0, 0.1) is 0 Å². The summed E-state index contributed by atoms with van der Waals surface area (Å²) in [4.78, 5) is 15.8. The number of nitrogens with zero attached hydrogens (tertiary/aromatic N) is 2. The highest BCUT2D eigenvalue weighted by Gasteiger charge is 2.31. The highest BCUT2D eigenvalue weighted by atomic mass is 32.2. The highest BCUT2D eigenvalue weighted by molar-refractivity contribution is 7.89. The van der Waals surface area contributed by atoms with Crippen molar-refractivity contribution in [1.82, 2.24) is 14.5 Å². The van der Waals surface area contributed by atoms with Crippen LogP contribution in [0.3, 0.4) is 0 Å². The SMILES string of the molecule is O=C(NCc1ccccc1CN1CCCCC1)c1sccc1S(=O)(=O)N1CCCCC1. The Morgan fingerprint density at radius 3 is 2.26 bits per heavy atom. The fourth-order valence-electron chi connectivity index (χ4n) is 4.41. The Balaban J connectivity index is 1.44. The minimum atomic E-state index is -3.63. The van der Waals surface area contributed by atoms with Crippen LogP contribution in [-0.4, -0.2) is 49.7 Å². The number of amides is 1. The summed E-state index contributed by atoms with van der Waals surface area (Å²) >= 11 is 1.19. The topological polar surface area (TPSA) is 69.7 Å². The van der Waals surface area contributed by atoms with E-state index in [0.29, 0.717) is 19.6 Å². The van der Waals surface area contributed by atoms with Crippen LogP contribution in [0.25, 0.3) is 0 Å². The van der Waals surface area contributed by atoms with Gasteiger partial charge >= 0.3 is 0 Å². The minimum absolute atomic E-state index is 0.138. The molecule has 2 aromatic rings. The maximum absolute atomic E-state index is 13.1. The van der Waals surface area contributed by atoms with Crippen molar-refractivity contribution in [2.75, 3.05) is 26.2 Å². The first-order valence-corrected chi connectivity index (χ1v) is 13.5. The first kappa shape index (κ1) is 22.5. The van der Waals surface area contributed by atoms with Gasteiger partial charge in [-0.2, -0.15) is 4.31 Å². The second kappa shape index (κ2) is 10.3. The molecular formula is C23H31N3O3S2. The van der Waals surface area contributed by atoms with Crippen molar-refractivity contribution >= 4 is 27.3 Å². The average Bonchev–Trinajstić information content (AvgIpc) is 3.31. The molecule has 0 saturated carbocycles. The number of piperidine rings is 2. The minimum Gasteiger partial charge on any atom is -0.347 e. The van der Waals surface area contributed by atoms with Gasteiger partial charge in [-0.05, 0) is 61.3 Å². The number of carbonyl (C=O) groups is 1. The predicted octanol–water partition coefficient (Wildman–Crippen LogP) is 3.84. The maximum atomic E-state index is 13.1. The van der Waals surface area contributed by atoms with Gasteiger partial charge in [0, 0.05) is 26.2 Å². The molecule has 2 aliphatic heterocycles. The first-order chi connectivity index (χ1) is 15.1. The lowest BCUT2D eigenvalue weighted by atomic mass is 10.0. The van der Waals surface area contributed by atoms with Crippen molar-refractivity contribution in [1.29, 1.82) is 0 Å². The normalized spacial score (nSPS) is 18.7. The third-order valence-corrected chi connectivity index (χ3v) is 9.15. The number of hydrogen-bond acceptors (Lipinski definition) is 5. The summed E-state index contributed by atoms with van der Waals surface area (Å²) in [5, 5.41) is 4.65. The monoisotopic (exact) mass is 461 g/mol. The molecule has 1 N–H and O–H groups in total. The van der Waals surface area contributed by atoms with E-state index in [9.17, 15) is 13.2 Å². The van der Waals surface area contributed by atoms with Gasteiger partial charge in [-0.25, -0.2) is 8.42 Å². The molecule has 4 rings (SSSR count). The van der Waals surface area contributed by atoms with Gasteiger partial charge < -0.3 is 5.32 Å². The number of hydrogen-bond donors (Lipinski definition) is 1. The van der Waals surface area contributed by atoms with Crippen molar-refractivity contribution < 1.29 is 13.2 Å². The summed E-state index contributed by atoms with van der Waals surface area (Å²) < 4.78 is 27.7. The Bertz CT molecular complexity index is 991. The molecule has 8 heteroatoms. The molecule has 0 unspecified atom stereocenters. The molecule has 1 aromatic heterocycles. The fraction of sp³-hybridized carbons (Fsp3) is 0.522. The molecule has 1 aromatic carbocycles. The van der Waals surface area contributed by atoms with Crippen LogP contribution in [0.5, 0.6) is 0 Å². The number of nitrogens with one attached hydrogen (secondary N) is 1. The lowest BCUT2D eigenvalue weighted by Gasteiger charge is -2.27. The van der Waals surface area contributed by atoms with E-state index < -0.39 is 10.0 Å². The zero-order valence-electron chi connectivity index (χ0n) is 17.9. The van der Waals surface area contributed by atoms with Gasteiger partial charge in [0.1, 0.15) is 9.77 Å². The molecule has 0 bridgehead atoms. The van der Waals surface area contributed by atoms with E-state index in [1.165, 1.54) is 40.5 Å². The van der Waals surface area contributed by atoms with Gasteiger partial charge in [0.05, 0.1) is 0 Å². The van der Waals surface area contributed by atoms with Crippen molar-refractivity contribution in [3.05, 3.63) is 51.7 Å². The van der Waals surface area contributed by atoms with Crippen molar-refractivity contribution in [3.63, 3.8) is 0 Å². The van der Waals surface area contributed by atoms with Crippen molar-refractivity contribution in [2.45, 2.75) is 56.5 Å². The molecule has 0 radical (unpaired) electrons. The van der Waals surface area contributed by atoms with Crippen LogP contribution in [0.1, 0.15) is 59.3 Å². The third-order valence-electron chi connectivity index (χ3n) is 6.17. The number of thiophene rings is 1. The van der Waals surface area contributed by atoms with Gasteiger partial charge in [0.15, 0.2) is 0 Å². The second-order valence-corrected chi connectivity index (χ2v) is 11.2. The number of sulfonamides is 1. The standard InChI is InChI=1S/C23H31N3O3S2/c27-23(22-21(11-16-30-22)31(28,29)26-14-7-2-8-15-26)24-17-19-9-3-4-10-20(19)18-25-12-5-1-6-13-25/h3-4,9-11,16H,1-2,5-8,12-15,17-18H2,(H,24,27). The summed E-state index contributed by atoms with van der Waals surface area (Å²) in [7, 11) is -3.63. The molecular weight excluding hydrogens is 430 g/mol. The zero-order valence-corrected chi connectivity index (χ0v) is 19.5. The van der Waals surface area contributed by atoms with E-state index >= 15 is 0 Å². The van der Waals surface area contributed by atoms with Crippen LogP contribution in [0.4, 0.5) is 0 Å². The summed E-state index contributed by atoms with van der Waals surface area (Å²) in [5.74, 6) is -0.321. The quantitative estimate of drug-likeness (QED) is 0.680. The largest absolute Gasteiger partial charge is 0.347 e. The van der Waals surface area contributed by atoms with E-state index in [1.54, 1.807) is 11.4 Å². The van der Waals surface area contributed by atoms with Crippen LogP contribution in [0.15, 0.2) is 40.6 Å². The Labute approximate surface area is 189 Å². The van der Waals surface area contributed by atoms with Gasteiger partial charge in [0.2, 0.25) is 10.0 Å². The molecule has 1 amide bonds. The van der Waals surface area contributed by atoms with Gasteiger partial charge in [-0.3, -0.25) is 9.69 Å². The van der Waals surface area contributed by atoms with Crippen LogP contribution < -0.4 is 5.32 Å². The summed E-state index contributed by atoms with van der Waals surface area (Å²) in [6, 6.07) is 9.74. The summed E-state index contributed by atoms with van der Waals surface area (Å²) in [5.41, 5.74) is 2.30. The van der Waals surface area contributed by atoms with Crippen molar-refractivity contribution in [3.8, 4) is 0 Å². The zero-order chi connectivity index (χ0) is 21.7. The Hall–Kier alpha value is -1.74. The fourth-order valence-corrected chi connectivity index (χ4v) is 7.24. The molecule has 0 spiro atoms. The number of benzene rings is 1. The summed E-state index contributed by atoms with van der Waals surface area (Å²) in [6.07, 6.45) is 6.59. The van der Waals surface area contributed by atoms with Crippen LogP contribution in [0.2, 0.25) is 0 Å².